The van der Waals surface area contributed by atoms with Crippen molar-refractivity contribution in [3.05, 3.63) is 0 Å². The summed E-state index contributed by atoms with van der Waals surface area (Å²) >= 11 is 0. The zero-order chi connectivity index (χ0) is 9.52. The molecule has 13 heavy (non-hydrogen) atoms. The molecule has 4 N–H and O–H groups in total. The van der Waals surface area contributed by atoms with E-state index in [0.29, 0.717) is 18.6 Å². The summed E-state index contributed by atoms with van der Waals surface area (Å²) in [4.78, 5) is 0. The van der Waals surface area contributed by atoms with Gasteiger partial charge in [-0.25, -0.2) is 0 Å². The van der Waals surface area contributed by atoms with Crippen molar-refractivity contribution in [1.29, 1.82) is 0 Å². The van der Waals surface area contributed by atoms with Crippen LogP contribution >= 0.6 is 0 Å². The summed E-state index contributed by atoms with van der Waals surface area (Å²) in [5.74, 6) is 0. The minimum atomic E-state index is 0.508. The van der Waals surface area contributed by atoms with E-state index >= 15 is 0 Å². The minimum Gasteiger partial charge on any atom is -0.379 e. The molecule has 0 radical (unpaired) electrons. The number of hydrogen-bond donors (Lipinski definition) is 3. The van der Waals surface area contributed by atoms with Gasteiger partial charge in [-0.1, -0.05) is 0 Å². The predicted molar refractivity (Wildman–Crippen MR) is 53.7 cm³/mol. The minimum absolute atomic E-state index is 0.508. The molecular weight excluding hydrogens is 166 g/mol. The van der Waals surface area contributed by atoms with E-state index in [1.807, 2.05) is 0 Å². The second-order valence-electron chi connectivity index (χ2n) is 3.61. The maximum Gasteiger partial charge on any atom is 0.0620 e. The topological polar surface area (TPSA) is 59.3 Å². The van der Waals surface area contributed by atoms with Gasteiger partial charge >= 0.3 is 0 Å². The van der Waals surface area contributed by atoms with Gasteiger partial charge in [0, 0.05) is 31.7 Å². The lowest BCUT2D eigenvalue weighted by molar-refractivity contribution is 0.0713. The second-order valence-corrected chi connectivity index (χ2v) is 3.61. The van der Waals surface area contributed by atoms with Gasteiger partial charge in [-0.15, -0.1) is 0 Å². The van der Waals surface area contributed by atoms with Crippen LogP contribution in [0.25, 0.3) is 0 Å². The van der Waals surface area contributed by atoms with Crippen molar-refractivity contribution in [2.45, 2.75) is 25.4 Å². The first-order valence-electron chi connectivity index (χ1n) is 5.07. The molecule has 0 aromatic rings. The van der Waals surface area contributed by atoms with Crippen molar-refractivity contribution in [3.63, 3.8) is 0 Å². The molecular formula is C9H21N3O. The molecule has 0 aromatic carbocycles. The molecule has 0 saturated carbocycles. The van der Waals surface area contributed by atoms with E-state index in [1.54, 1.807) is 0 Å². The van der Waals surface area contributed by atoms with Crippen LogP contribution in [0.5, 0.6) is 0 Å². The van der Waals surface area contributed by atoms with E-state index in [1.165, 1.54) is 0 Å². The van der Waals surface area contributed by atoms with Gasteiger partial charge in [0.2, 0.25) is 0 Å². The van der Waals surface area contributed by atoms with E-state index in [4.69, 9.17) is 10.5 Å². The van der Waals surface area contributed by atoms with E-state index in [-0.39, 0.29) is 0 Å². The van der Waals surface area contributed by atoms with Gasteiger partial charge in [-0.05, 0) is 13.3 Å². The Morgan fingerprint density at radius 3 is 3.15 bits per heavy atom. The summed E-state index contributed by atoms with van der Waals surface area (Å²) in [5.41, 5.74) is 5.41. The quantitative estimate of drug-likeness (QED) is 0.533. The van der Waals surface area contributed by atoms with Gasteiger partial charge in [0.05, 0.1) is 13.2 Å². The molecule has 1 rings (SSSR count). The molecule has 0 bridgehead atoms. The summed E-state index contributed by atoms with van der Waals surface area (Å²) in [6, 6.07) is 1.02. The summed E-state index contributed by atoms with van der Waals surface area (Å²) < 4.78 is 5.37. The van der Waals surface area contributed by atoms with Crippen LogP contribution in [-0.4, -0.2) is 44.9 Å². The van der Waals surface area contributed by atoms with Crippen LogP contribution in [-0.2, 0) is 4.74 Å². The van der Waals surface area contributed by atoms with Gasteiger partial charge in [0.25, 0.3) is 0 Å². The van der Waals surface area contributed by atoms with Crippen LogP contribution in [0.3, 0.4) is 0 Å². The molecule has 1 saturated heterocycles. The normalized spacial score (nSPS) is 25.8. The summed E-state index contributed by atoms with van der Waals surface area (Å²) in [6.07, 6.45) is 1.11. The summed E-state index contributed by atoms with van der Waals surface area (Å²) in [5, 5.41) is 6.79. The van der Waals surface area contributed by atoms with Crippen LogP contribution in [0.4, 0.5) is 0 Å². The highest BCUT2D eigenvalue weighted by atomic mass is 16.5. The highest BCUT2D eigenvalue weighted by Crippen LogP contribution is 2.01. The Morgan fingerprint density at radius 1 is 1.69 bits per heavy atom. The summed E-state index contributed by atoms with van der Waals surface area (Å²) in [6.45, 7) is 6.46. The average Bonchev–Trinajstić information content (AvgIpc) is 2.16. The number of nitrogens with two attached hydrogens (primary N) is 1. The van der Waals surface area contributed by atoms with E-state index in [2.05, 4.69) is 17.6 Å². The van der Waals surface area contributed by atoms with Gasteiger partial charge < -0.3 is 21.1 Å². The Kier molecular flexibility index (Phi) is 5.31. The van der Waals surface area contributed by atoms with Gasteiger partial charge in [0.15, 0.2) is 0 Å². The average molecular weight is 187 g/mol. The van der Waals surface area contributed by atoms with Gasteiger partial charge in [0.1, 0.15) is 0 Å². The summed E-state index contributed by atoms with van der Waals surface area (Å²) in [7, 11) is 0. The molecule has 1 fully saturated rings. The number of hydrogen-bond acceptors (Lipinski definition) is 4. The fraction of sp³-hybridized carbons (Fsp3) is 1.00. The molecule has 1 aliphatic rings. The Morgan fingerprint density at radius 2 is 2.54 bits per heavy atom. The van der Waals surface area contributed by atoms with Crippen molar-refractivity contribution in [3.8, 4) is 0 Å². The molecule has 0 amide bonds. The monoisotopic (exact) mass is 187 g/mol. The largest absolute Gasteiger partial charge is 0.379 e. The molecule has 4 heteroatoms. The van der Waals surface area contributed by atoms with Crippen molar-refractivity contribution in [2.75, 3.05) is 32.8 Å². The molecule has 4 nitrogen and oxygen atoms in total. The van der Waals surface area contributed by atoms with Crippen LogP contribution < -0.4 is 16.4 Å². The zero-order valence-electron chi connectivity index (χ0n) is 8.38. The van der Waals surface area contributed by atoms with Crippen molar-refractivity contribution in [1.82, 2.24) is 10.6 Å². The highest BCUT2D eigenvalue weighted by Gasteiger charge is 2.15. The fourth-order valence-corrected chi connectivity index (χ4v) is 1.61. The Balaban J connectivity index is 2.07. The van der Waals surface area contributed by atoms with E-state index in [9.17, 15) is 0 Å². The molecule has 78 valence electrons. The first-order chi connectivity index (χ1) is 6.33. The molecule has 1 aliphatic heterocycles. The molecule has 2 unspecified atom stereocenters. The third kappa shape index (κ3) is 4.57. The lowest BCUT2D eigenvalue weighted by Gasteiger charge is -2.26. The van der Waals surface area contributed by atoms with Crippen LogP contribution in [0.1, 0.15) is 13.3 Å². The van der Waals surface area contributed by atoms with Crippen LogP contribution in [0.2, 0.25) is 0 Å². The molecule has 1 heterocycles. The first kappa shape index (κ1) is 10.9. The van der Waals surface area contributed by atoms with Gasteiger partial charge in [-0.3, -0.25) is 0 Å². The highest BCUT2D eigenvalue weighted by molar-refractivity contribution is 4.75. The Bertz CT molecular complexity index is 126. The number of nitrogens with one attached hydrogen (secondary N) is 2. The third-order valence-corrected chi connectivity index (χ3v) is 2.27. The van der Waals surface area contributed by atoms with Gasteiger partial charge in [-0.2, -0.15) is 0 Å². The molecule has 0 spiro atoms. The number of morpholine rings is 1. The Hall–Kier alpha value is -0.160. The van der Waals surface area contributed by atoms with Crippen molar-refractivity contribution < 1.29 is 4.74 Å². The number of rotatable bonds is 5. The van der Waals surface area contributed by atoms with Crippen LogP contribution in [0.15, 0.2) is 0 Å². The predicted octanol–water partition coefficient (Wildman–Crippen LogP) is -0.698. The standard InChI is InChI=1S/C9H21N3O/c1-8(11-3-2-10)6-9-7-13-5-4-12-9/h8-9,11-12H,2-7,10H2,1H3. The van der Waals surface area contributed by atoms with E-state index in [0.717, 1.165) is 32.7 Å². The van der Waals surface area contributed by atoms with Crippen LogP contribution in [0, 0.1) is 0 Å². The third-order valence-electron chi connectivity index (χ3n) is 2.27. The maximum absolute atomic E-state index is 5.41. The lowest BCUT2D eigenvalue weighted by Crippen LogP contribution is -2.45. The van der Waals surface area contributed by atoms with Crippen molar-refractivity contribution >= 4 is 0 Å². The number of ether oxygens (including phenoxy) is 1. The smallest absolute Gasteiger partial charge is 0.0620 e. The maximum atomic E-state index is 5.41. The molecule has 2 atom stereocenters. The van der Waals surface area contributed by atoms with E-state index < -0.39 is 0 Å². The SMILES string of the molecule is CC(CC1COCCN1)NCCN. The first-order valence-corrected chi connectivity index (χ1v) is 5.07. The molecule has 0 aromatic heterocycles. The second kappa shape index (κ2) is 6.32. The fourth-order valence-electron chi connectivity index (χ4n) is 1.61. The zero-order valence-corrected chi connectivity index (χ0v) is 8.38. The lowest BCUT2D eigenvalue weighted by atomic mass is 10.1. The Labute approximate surface area is 80.2 Å². The molecule has 0 aliphatic carbocycles. The van der Waals surface area contributed by atoms with Crippen molar-refractivity contribution in [2.24, 2.45) is 5.73 Å².